The molecule has 4 aromatic rings. The molecule has 7 nitrogen and oxygen atoms in total. The van der Waals surface area contributed by atoms with Gasteiger partial charge in [0.15, 0.2) is 0 Å². The highest BCUT2D eigenvalue weighted by Gasteiger charge is 2.36. The topological polar surface area (TPSA) is 93.1 Å². The molecule has 204 valence electrons. The summed E-state index contributed by atoms with van der Waals surface area (Å²) < 4.78 is 69.0. The summed E-state index contributed by atoms with van der Waals surface area (Å²) >= 11 is 6.29. The Morgan fingerprint density at radius 3 is 2.45 bits per heavy atom. The summed E-state index contributed by atoms with van der Waals surface area (Å²) in [6.45, 7) is 0. The first kappa shape index (κ1) is 27.0. The second kappa shape index (κ2) is 9.87. The SMILES string of the molecule is Cn1nc(-c2cc(NC(=O)c3cc(F)cc(C(F)(F)F)c3)c3c(c2)C(=O)NC3c2cc(F)ccc2Cl)ccc1=O. The molecule has 0 fully saturated rings. The summed E-state index contributed by atoms with van der Waals surface area (Å²) in [5.74, 6) is -3.67. The predicted octanol–water partition coefficient (Wildman–Crippen LogP) is 5.48. The van der Waals surface area contributed by atoms with Gasteiger partial charge in [-0.1, -0.05) is 11.6 Å². The van der Waals surface area contributed by atoms with Gasteiger partial charge in [-0.3, -0.25) is 14.4 Å². The zero-order chi connectivity index (χ0) is 28.9. The molecule has 1 aliphatic rings. The number of alkyl halides is 3. The van der Waals surface area contributed by atoms with E-state index < -0.39 is 52.4 Å². The van der Waals surface area contributed by atoms with Crippen LogP contribution in [0.5, 0.6) is 0 Å². The number of aryl methyl sites for hydroxylation is 1. The molecule has 2 heterocycles. The Labute approximate surface area is 227 Å². The largest absolute Gasteiger partial charge is 0.416 e. The molecule has 0 saturated carbocycles. The van der Waals surface area contributed by atoms with Crippen molar-refractivity contribution >= 4 is 29.1 Å². The highest BCUT2D eigenvalue weighted by atomic mass is 35.5. The summed E-state index contributed by atoms with van der Waals surface area (Å²) in [5.41, 5.74) is -1.65. The lowest BCUT2D eigenvalue weighted by molar-refractivity contribution is -0.137. The number of amides is 2. The lowest BCUT2D eigenvalue weighted by Gasteiger charge is -2.19. The molecular formula is C27H16ClF5N4O3. The molecule has 2 amide bonds. The fourth-order valence-corrected chi connectivity index (χ4v) is 4.62. The van der Waals surface area contributed by atoms with E-state index in [4.69, 9.17) is 11.6 Å². The van der Waals surface area contributed by atoms with Gasteiger partial charge in [0.2, 0.25) is 0 Å². The van der Waals surface area contributed by atoms with Crippen molar-refractivity contribution in [2.75, 3.05) is 5.32 Å². The van der Waals surface area contributed by atoms with Crippen molar-refractivity contribution < 1.29 is 31.5 Å². The number of carbonyl (C=O) groups excluding carboxylic acids is 2. The van der Waals surface area contributed by atoms with Gasteiger partial charge in [0.1, 0.15) is 11.6 Å². The standard InChI is InChI=1S/C27H16ClF5N4O3/c1-37-22(38)5-4-20(36-37)12-8-18-23(24(35-26(18)40)17-11-15(29)2-3-19(17)28)21(9-12)34-25(39)13-6-14(27(31,32)33)10-16(30)7-13/h2-11,24H,1H3,(H,34,39)(H,35,40). The minimum atomic E-state index is -4.91. The Kier molecular flexibility index (Phi) is 6.66. The first-order chi connectivity index (χ1) is 18.8. The van der Waals surface area contributed by atoms with Crippen molar-refractivity contribution in [3.05, 3.63) is 115 Å². The van der Waals surface area contributed by atoms with Crippen LogP contribution in [0.2, 0.25) is 5.02 Å². The van der Waals surface area contributed by atoms with Crippen LogP contribution in [-0.2, 0) is 13.2 Å². The number of hydrogen-bond acceptors (Lipinski definition) is 4. The van der Waals surface area contributed by atoms with Crippen LogP contribution in [-0.4, -0.2) is 21.6 Å². The zero-order valence-corrected chi connectivity index (χ0v) is 21.0. The van der Waals surface area contributed by atoms with Gasteiger partial charge in [-0.2, -0.15) is 18.3 Å². The van der Waals surface area contributed by atoms with Gasteiger partial charge in [-0.25, -0.2) is 13.5 Å². The van der Waals surface area contributed by atoms with Crippen molar-refractivity contribution in [3.63, 3.8) is 0 Å². The van der Waals surface area contributed by atoms with Gasteiger partial charge in [-0.15, -0.1) is 0 Å². The molecule has 40 heavy (non-hydrogen) atoms. The average molecular weight is 575 g/mol. The van der Waals surface area contributed by atoms with Gasteiger partial charge in [0, 0.05) is 51.6 Å². The summed E-state index contributed by atoms with van der Waals surface area (Å²) in [6, 6.07) is 9.24. The molecule has 0 radical (unpaired) electrons. The normalized spacial score (nSPS) is 14.6. The number of benzene rings is 3. The van der Waals surface area contributed by atoms with Crippen molar-refractivity contribution in [2.24, 2.45) is 7.05 Å². The third-order valence-corrected chi connectivity index (χ3v) is 6.59. The van der Waals surface area contributed by atoms with Crippen molar-refractivity contribution in [1.29, 1.82) is 0 Å². The first-order valence-corrected chi connectivity index (χ1v) is 11.9. The van der Waals surface area contributed by atoms with Crippen molar-refractivity contribution in [1.82, 2.24) is 15.1 Å². The second-order valence-electron chi connectivity index (χ2n) is 8.92. The lowest BCUT2D eigenvalue weighted by atomic mass is 9.93. The molecule has 0 aliphatic carbocycles. The summed E-state index contributed by atoms with van der Waals surface area (Å²) in [4.78, 5) is 38.0. The Hall–Kier alpha value is -4.58. The number of rotatable bonds is 4. The smallest absolute Gasteiger partial charge is 0.341 e. The van der Waals surface area contributed by atoms with Crippen molar-refractivity contribution in [2.45, 2.75) is 12.2 Å². The lowest BCUT2D eigenvalue weighted by Crippen LogP contribution is -2.21. The number of nitrogens with zero attached hydrogens (tertiary/aromatic N) is 2. The predicted molar refractivity (Wildman–Crippen MR) is 135 cm³/mol. The summed E-state index contributed by atoms with van der Waals surface area (Å²) in [6.07, 6.45) is -4.91. The highest BCUT2D eigenvalue weighted by molar-refractivity contribution is 6.31. The zero-order valence-electron chi connectivity index (χ0n) is 20.2. The van der Waals surface area contributed by atoms with Gasteiger partial charge in [0.05, 0.1) is 17.3 Å². The number of aromatic nitrogens is 2. The van der Waals surface area contributed by atoms with Crippen LogP contribution in [0.15, 0.2) is 65.5 Å². The Morgan fingerprint density at radius 1 is 1.00 bits per heavy atom. The maximum absolute atomic E-state index is 14.1. The van der Waals surface area contributed by atoms with E-state index in [1.165, 1.54) is 37.4 Å². The molecule has 5 rings (SSSR count). The van der Waals surface area contributed by atoms with Gasteiger partial charge >= 0.3 is 6.18 Å². The van der Waals surface area contributed by atoms with E-state index in [1.54, 1.807) is 0 Å². The molecule has 2 N–H and O–H groups in total. The molecule has 0 spiro atoms. The van der Waals surface area contributed by atoms with Gasteiger partial charge in [0.25, 0.3) is 17.4 Å². The first-order valence-electron chi connectivity index (χ1n) is 11.5. The number of nitrogens with one attached hydrogen (secondary N) is 2. The third kappa shape index (κ3) is 5.05. The third-order valence-electron chi connectivity index (χ3n) is 6.25. The Bertz CT molecular complexity index is 1770. The van der Waals surface area contributed by atoms with Crippen molar-refractivity contribution in [3.8, 4) is 11.3 Å². The molecule has 13 heteroatoms. The monoisotopic (exact) mass is 574 g/mol. The van der Waals surface area contributed by atoms with Crippen LogP contribution in [0.3, 0.4) is 0 Å². The van der Waals surface area contributed by atoms with Crippen LogP contribution in [0.25, 0.3) is 11.3 Å². The van der Waals surface area contributed by atoms with E-state index in [9.17, 15) is 36.3 Å². The molecule has 0 saturated heterocycles. The van der Waals surface area contributed by atoms with Gasteiger partial charge < -0.3 is 10.6 Å². The Balaban J connectivity index is 1.68. The van der Waals surface area contributed by atoms with Crippen LogP contribution in [0.1, 0.15) is 43.4 Å². The summed E-state index contributed by atoms with van der Waals surface area (Å²) in [7, 11) is 1.40. The summed E-state index contributed by atoms with van der Waals surface area (Å²) in [5, 5.41) is 9.36. The fourth-order valence-electron chi connectivity index (χ4n) is 4.39. The van der Waals surface area contributed by atoms with E-state index >= 15 is 0 Å². The number of halogens is 6. The van der Waals surface area contributed by atoms with E-state index in [0.29, 0.717) is 12.1 Å². The maximum atomic E-state index is 14.1. The quantitative estimate of drug-likeness (QED) is 0.316. The fraction of sp³-hybridized carbons (Fsp3) is 0.111. The Morgan fingerprint density at radius 2 is 1.75 bits per heavy atom. The maximum Gasteiger partial charge on any atom is 0.416 e. The highest BCUT2D eigenvalue weighted by Crippen LogP contribution is 2.41. The number of carbonyl (C=O) groups is 2. The molecule has 1 aliphatic heterocycles. The van der Waals surface area contributed by atoms with E-state index in [0.717, 1.165) is 16.8 Å². The molecule has 1 aromatic heterocycles. The van der Waals surface area contributed by atoms with E-state index in [-0.39, 0.29) is 44.7 Å². The molecule has 1 unspecified atom stereocenters. The van der Waals surface area contributed by atoms with E-state index in [2.05, 4.69) is 15.7 Å². The molecule has 3 aromatic carbocycles. The van der Waals surface area contributed by atoms with Crippen LogP contribution in [0, 0.1) is 11.6 Å². The van der Waals surface area contributed by atoms with Crippen LogP contribution >= 0.6 is 11.6 Å². The molecule has 0 bridgehead atoms. The molecular weight excluding hydrogens is 559 g/mol. The van der Waals surface area contributed by atoms with Crippen LogP contribution < -0.4 is 16.2 Å². The number of hydrogen-bond donors (Lipinski definition) is 2. The second-order valence-corrected chi connectivity index (χ2v) is 9.33. The minimum absolute atomic E-state index is 0.0315. The van der Waals surface area contributed by atoms with Crippen LogP contribution in [0.4, 0.5) is 27.6 Å². The van der Waals surface area contributed by atoms with E-state index in [1.807, 2.05) is 0 Å². The number of anilines is 1. The average Bonchev–Trinajstić information content (AvgIpc) is 3.22. The molecule has 1 atom stereocenters. The number of fused-ring (bicyclic) bond motifs is 1. The van der Waals surface area contributed by atoms with Gasteiger partial charge in [-0.05, 0) is 54.6 Å². The minimum Gasteiger partial charge on any atom is -0.341 e.